The Kier molecular flexibility index (Phi) is 3.84. The first-order valence-corrected chi connectivity index (χ1v) is 5.60. The van der Waals surface area contributed by atoms with Crippen molar-refractivity contribution in [1.82, 2.24) is 9.97 Å². The van der Waals surface area contributed by atoms with E-state index in [-0.39, 0.29) is 6.01 Å². The highest BCUT2D eigenvalue weighted by Gasteiger charge is 2.07. The average Bonchev–Trinajstić information content (AvgIpc) is 2.40. The third-order valence-electron chi connectivity index (χ3n) is 2.23. The summed E-state index contributed by atoms with van der Waals surface area (Å²) in [6.45, 7) is 0.347. The first kappa shape index (κ1) is 12.4. The Labute approximate surface area is 110 Å². The molecule has 0 spiro atoms. The number of hydrogen-bond donors (Lipinski definition) is 1. The lowest BCUT2D eigenvalue weighted by Gasteiger charge is -2.07. The first-order chi connectivity index (χ1) is 8.69. The Morgan fingerprint density at radius 3 is 2.67 bits per heavy atom. The van der Waals surface area contributed by atoms with Gasteiger partial charge >= 0.3 is 6.01 Å². The van der Waals surface area contributed by atoms with E-state index >= 15 is 0 Å². The lowest BCUT2D eigenvalue weighted by Crippen LogP contribution is -2.00. The van der Waals surface area contributed by atoms with Crippen LogP contribution in [0.2, 0.25) is 5.02 Å². The van der Waals surface area contributed by atoms with Crippen molar-refractivity contribution >= 4 is 17.3 Å². The number of anilines is 1. The van der Waals surface area contributed by atoms with Crippen LogP contribution in [-0.4, -0.2) is 17.1 Å². The number of aromatic nitrogens is 2. The molecule has 5 nitrogen and oxygen atoms in total. The van der Waals surface area contributed by atoms with E-state index in [2.05, 4.69) is 9.97 Å². The summed E-state index contributed by atoms with van der Waals surface area (Å²) in [5.74, 6) is 0.292. The second kappa shape index (κ2) is 5.55. The average molecular weight is 266 g/mol. The molecule has 0 atom stereocenters. The Hall–Kier alpha value is -2.01. The van der Waals surface area contributed by atoms with Crippen molar-refractivity contribution in [3.63, 3.8) is 0 Å². The van der Waals surface area contributed by atoms with Gasteiger partial charge < -0.3 is 15.2 Å². The number of benzene rings is 1. The minimum Gasteiger partial charge on any atom is -0.472 e. The van der Waals surface area contributed by atoms with E-state index in [1.165, 1.54) is 13.3 Å². The molecule has 0 fully saturated rings. The van der Waals surface area contributed by atoms with Crippen LogP contribution in [0.3, 0.4) is 0 Å². The molecule has 2 N–H and O–H groups in total. The molecule has 2 aromatic rings. The first-order valence-electron chi connectivity index (χ1n) is 5.23. The number of nitrogen functional groups attached to an aromatic ring is 1. The van der Waals surface area contributed by atoms with E-state index in [0.717, 1.165) is 5.56 Å². The molecule has 0 bridgehead atoms. The number of methoxy groups -OCH3 is 1. The summed E-state index contributed by atoms with van der Waals surface area (Å²) in [6.07, 6.45) is 1.44. The maximum absolute atomic E-state index is 5.92. The standard InChI is InChI=1S/C12H12ClN3O2/c1-17-12-15-6-10(13)11(16-12)18-7-8-2-4-9(14)5-3-8/h2-6H,7,14H2,1H3. The van der Waals surface area contributed by atoms with Crippen LogP contribution in [0.25, 0.3) is 0 Å². The molecule has 18 heavy (non-hydrogen) atoms. The second-order valence-electron chi connectivity index (χ2n) is 3.54. The monoisotopic (exact) mass is 265 g/mol. The maximum atomic E-state index is 5.92. The summed E-state index contributed by atoms with van der Waals surface area (Å²) < 4.78 is 10.4. The summed E-state index contributed by atoms with van der Waals surface area (Å²) in [5, 5.41) is 0.339. The van der Waals surface area contributed by atoms with Crippen LogP contribution in [0, 0.1) is 0 Å². The molecule has 0 unspecified atom stereocenters. The third kappa shape index (κ3) is 3.01. The molecule has 0 aliphatic carbocycles. The fourth-order valence-corrected chi connectivity index (χ4v) is 1.45. The molecule has 0 radical (unpaired) electrons. The van der Waals surface area contributed by atoms with Crippen molar-refractivity contribution in [1.29, 1.82) is 0 Å². The molecule has 0 saturated heterocycles. The van der Waals surface area contributed by atoms with Gasteiger partial charge in [-0.2, -0.15) is 4.98 Å². The van der Waals surface area contributed by atoms with Crippen LogP contribution < -0.4 is 15.2 Å². The number of nitrogens with zero attached hydrogens (tertiary/aromatic N) is 2. The molecule has 0 aliphatic rings. The lowest BCUT2D eigenvalue weighted by atomic mass is 10.2. The van der Waals surface area contributed by atoms with E-state index < -0.39 is 0 Å². The summed E-state index contributed by atoms with van der Waals surface area (Å²) in [5.41, 5.74) is 7.28. The topological polar surface area (TPSA) is 70.3 Å². The molecule has 0 aliphatic heterocycles. The van der Waals surface area contributed by atoms with E-state index in [9.17, 15) is 0 Å². The lowest BCUT2D eigenvalue weighted by molar-refractivity contribution is 0.284. The Bertz CT molecular complexity index is 531. The van der Waals surface area contributed by atoms with Gasteiger partial charge in [0.05, 0.1) is 13.3 Å². The van der Waals surface area contributed by atoms with Gasteiger partial charge in [-0.25, -0.2) is 4.98 Å². The van der Waals surface area contributed by atoms with Gasteiger partial charge in [0.15, 0.2) is 0 Å². The Morgan fingerprint density at radius 2 is 2.00 bits per heavy atom. The van der Waals surface area contributed by atoms with Crippen molar-refractivity contribution in [2.24, 2.45) is 0 Å². The molecule has 94 valence electrons. The van der Waals surface area contributed by atoms with Gasteiger partial charge in [-0.1, -0.05) is 23.7 Å². The van der Waals surface area contributed by atoms with E-state index in [1.54, 1.807) is 12.1 Å². The fraction of sp³-hybridized carbons (Fsp3) is 0.167. The van der Waals surface area contributed by atoms with Crippen molar-refractivity contribution in [2.75, 3.05) is 12.8 Å². The normalized spacial score (nSPS) is 10.1. The van der Waals surface area contributed by atoms with Gasteiger partial charge in [0, 0.05) is 5.69 Å². The zero-order valence-corrected chi connectivity index (χ0v) is 10.5. The zero-order chi connectivity index (χ0) is 13.0. The largest absolute Gasteiger partial charge is 0.472 e. The highest BCUT2D eigenvalue weighted by Crippen LogP contribution is 2.23. The fourth-order valence-electron chi connectivity index (χ4n) is 1.30. The van der Waals surface area contributed by atoms with Crippen molar-refractivity contribution in [3.05, 3.63) is 41.0 Å². The number of rotatable bonds is 4. The Balaban J connectivity index is 2.07. The summed E-state index contributed by atoms with van der Waals surface area (Å²) >= 11 is 5.92. The van der Waals surface area contributed by atoms with Crippen LogP contribution >= 0.6 is 11.6 Å². The van der Waals surface area contributed by atoms with Crippen molar-refractivity contribution in [2.45, 2.75) is 6.61 Å². The van der Waals surface area contributed by atoms with Crippen LogP contribution in [0.15, 0.2) is 30.5 Å². The summed E-state index contributed by atoms with van der Waals surface area (Å²) in [6, 6.07) is 7.58. The Morgan fingerprint density at radius 1 is 1.28 bits per heavy atom. The molecular weight excluding hydrogens is 254 g/mol. The highest BCUT2D eigenvalue weighted by atomic mass is 35.5. The third-order valence-corrected chi connectivity index (χ3v) is 2.49. The van der Waals surface area contributed by atoms with Gasteiger partial charge in [-0.3, -0.25) is 0 Å². The summed E-state index contributed by atoms with van der Waals surface area (Å²) in [7, 11) is 1.48. The number of hydrogen-bond acceptors (Lipinski definition) is 5. The molecule has 1 heterocycles. The maximum Gasteiger partial charge on any atom is 0.319 e. The van der Waals surface area contributed by atoms with Crippen LogP contribution in [-0.2, 0) is 6.61 Å². The predicted molar refractivity (Wildman–Crippen MR) is 68.8 cm³/mol. The molecular formula is C12H12ClN3O2. The molecule has 1 aromatic carbocycles. The number of nitrogens with two attached hydrogens (primary N) is 1. The minimum absolute atomic E-state index is 0.215. The zero-order valence-electron chi connectivity index (χ0n) is 9.76. The van der Waals surface area contributed by atoms with Crippen LogP contribution in [0.5, 0.6) is 11.9 Å². The smallest absolute Gasteiger partial charge is 0.319 e. The SMILES string of the molecule is COc1ncc(Cl)c(OCc2ccc(N)cc2)n1. The molecule has 6 heteroatoms. The van der Waals surface area contributed by atoms with Crippen LogP contribution in [0.1, 0.15) is 5.56 Å². The van der Waals surface area contributed by atoms with E-state index in [0.29, 0.717) is 23.2 Å². The van der Waals surface area contributed by atoms with Gasteiger partial charge in [0.25, 0.3) is 0 Å². The van der Waals surface area contributed by atoms with Crippen LogP contribution in [0.4, 0.5) is 5.69 Å². The molecule has 0 amide bonds. The van der Waals surface area contributed by atoms with Crippen molar-refractivity contribution < 1.29 is 9.47 Å². The number of ether oxygens (including phenoxy) is 2. The number of halogens is 1. The van der Waals surface area contributed by atoms with Gasteiger partial charge in [-0.05, 0) is 17.7 Å². The van der Waals surface area contributed by atoms with Gasteiger partial charge in [0.1, 0.15) is 11.6 Å². The molecule has 2 rings (SSSR count). The highest BCUT2D eigenvalue weighted by molar-refractivity contribution is 6.31. The molecule has 0 saturated carbocycles. The molecule has 1 aromatic heterocycles. The van der Waals surface area contributed by atoms with Gasteiger partial charge in [-0.15, -0.1) is 0 Å². The van der Waals surface area contributed by atoms with E-state index in [1.807, 2.05) is 12.1 Å². The minimum atomic E-state index is 0.215. The predicted octanol–water partition coefficient (Wildman–Crippen LogP) is 2.30. The van der Waals surface area contributed by atoms with Crippen molar-refractivity contribution in [3.8, 4) is 11.9 Å². The van der Waals surface area contributed by atoms with E-state index in [4.69, 9.17) is 26.8 Å². The van der Waals surface area contributed by atoms with Gasteiger partial charge in [0.2, 0.25) is 5.88 Å². The second-order valence-corrected chi connectivity index (χ2v) is 3.95. The quantitative estimate of drug-likeness (QED) is 0.859. The summed E-state index contributed by atoms with van der Waals surface area (Å²) in [4.78, 5) is 7.87.